The summed E-state index contributed by atoms with van der Waals surface area (Å²) in [6, 6.07) is -0.0435. The van der Waals surface area contributed by atoms with Crippen LogP contribution in [-0.2, 0) is 4.74 Å². The van der Waals surface area contributed by atoms with Crippen LogP contribution in [0.4, 0.5) is 4.79 Å². The zero-order chi connectivity index (χ0) is 14.7. The first-order valence-electron chi connectivity index (χ1n) is 6.92. The lowest BCUT2D eigenvalue weighted by atomic mass is 9.85. The Bertz CT molecular complexity index is 660. The lowest BCUT2D eigenvalue weighted by Crippen LogP contribution is -2.41. The lowest BCUT2D eigenvalue weighted by Gasteiger charge is -2.27. The highest BCUT2D eigenvalue weighted by Crippen LogP contribution is 2.48. The van der Waals surface area contributed by atoms with Gasteiger partial charge in [0.1, 0.15) is 5.60 Å². The molecule has 0 radical (unpaired) electrons. The number of carbonyl (C=O) groups is 1. The minimum absolute atomic E-state index is 0.00398. The molecule has 1 fully saturated rings. The predicted molar refractivity (Wildman–Crippen MR) is 77.2 cm³/mol. The van der Waals surface area contributed by atoms with Crippen molar-refractivity contribution in [3.8, 4) is 0 Å². The summed E-state index contributed by atoms with van der Waals surface area (Å²) in [6.45, 7) is 9.85. The molecule has 0 aromatic heterocycles. The average molecular weight is 269 g/mol. The van der Waals surface area contributed by atoms with Gasteiger partial charge in [-0.25, -0.2) is 4.79 Å². The van der Waals surface area contributed by atoms with Crippen molar-refractivity contribution < 1.29 is 9.53 Å². The van der Waals surface area contributed by atoms with Gasteiger partial charge in [-0.2, -0.15) is 0 Å². The monoisotopic (exact) mass is 269 g/mol. The van der Waals surface area contributed by atoms with E-state index in [0.29, 0.717) is 0 Å². The van der Waals surface area contributed by atoms with Crippen molar-refractivity contribution in [3.05, 3.63) is 45.9 Å². The minimum Gasteiger partial charge on any atom is -0.444 e. The Morgan fingerprint density at radius 1 is 1.25 bits per heavy atom. The molecule has 2 unspecified atom stereocenters. The second-order valence-electron chi connectivity index (χ2n) is 6.53. The largest absolute Gasteiger partial charge is 0.444 e. The van der Waals surface area contributed by atoms with Crippen molar-refractivity contribution in [2.24, 2.45) is 0 Å². The van der Waals surface area contributed by atoms with Crippen LogP contribution in [-0.4, -0.2) is 28.7 Å². The summed E-state index contributed by atoms with van der Waals surface area (Å²) in [5, 5.41) is 0. The van der Waals surface area contributed by atoms with Crippen LogP contribution in [0.2, 0.25) is 0 Å². The number of nitrogens with zero attached hydrogens (tertiary/aromatic N) is 1. The normalized spacial score (nSPS) is 26.8. The van der Waals surface area contributed by atoms with Crippen molar-refractivity contribution >= 4 is 6.09 Å². The van der Waals surface area contributed by atoms with Gasteiger partial charge < -0.3 is 4.74 Å². The Kier molecular flexibility index (Phi) is 2.62. The number of rotatable bonds is 0. The van der Waals surface area contributed by atoms with E-state index < -0.39 is 5.60 Å². The molecule has 1 saturated heterocycles. The summed E-state index contributed by atoms with van der Waals surface area (Å²) >= 11 is 0. The van der Waals surface area contributed by atoms with Gasteiger partial charge in [0.25, 0.3) is 0 Å². The van der Waals surface area contributed by atoms with Gasteiger partial charge >= 0.3 is 6.09 Å². The van der Waals surface area contributed by atoms with Gasteiger partial charge in [-0.3, -0.25) is 4.90 Å². The first-order valence-corrected chi connectivity index (χ1v) is 6.92. The molecule has 2 aliphatic heterocycles. The Hall–Kier alpha value is -1.95. The van der Waals surface area contributed by atoms with Crippen LogP contribution in [0, 0.1) is 0 Å². The number of fused-ring (bicyclic) bond motifs is 5. The molecule has 0 aromatic carbocycles. The highest BCUT2D eigenvalue weighted by atomic mass is 16.6. The molecule has 3 rings (SSSR count). The molecule has 2 atom stereocenters. The third-order valence-electron chi connectivity index (χ3n) is 4.04. The van der Waals surface area contributed by atoms with Crippen LogP contribution < -0.4 is 0 Å². The van der Waals surface area contributed by atoms with E-state index in [1.165, 1.54) is 11.1 Å². The quantitative estimate of drug-likeness (QED) is 0.497. The third-order valence-corrected chi connectivity index (χ3v) is 4.04. The zero-order valence-corrected chi connectivity index (χ0v) is 12.6. The van der Waals surface area contributed by atoms with E-state index in [-0.39, 0.29) is 18.2 Å². The predicted octanol–water partition coefficient (Wildman–Crippen LogP) is 3.50. The standard InChI is InChI=1S/C17H19NO2/c1-10-11(2)15-13-9-7-6-8-12(13)14(10)18(15)16(19)20-17(3,4)5/h6,8,14-15H,1-5H3. The van der Waals surface area contributed by atoms with Crippen LogP contribution in [0.15, 0.2) is 45.9 Å². The molecule has 0 spiro atoms. The number of carbonyl (C=O) groups excluding carboxylic acids is 1. The molecule has 104 valence electrons. The van der Waals surface area contributed by atoms with E-state index >= 15 is 0 Å². The van der Waals surface area contributed by atoms with Crippen LogP contribution in [0.25, 0.3) is 0 Å². The molecule has 0 N–H and O–H groups in total. The zero-order valence-electron chi connectivity index (χ0n) is 12.6. The van der Waals surface area contributed by atoms with E-state index in [4.69, 9.17) is 4.74 Å². The second kappa shape index (κ2) is 4.02. The van der Waals surface area contributed by atoms with E-state index in [0.717, 1.165) is 11.1 Å². The average Bonchev–Trinajstić information content (AvgIpc) is 2.81. The number of allylic oxidation sites excluding steroid dienone is 2. The minimum atomic E-state index is -0.483. The summed E-state index contributed by atoms with van der Waals surface area (Å²) < 4.78 is 5.57. The fourth-order valence-corrected chi connectivity index (χ4v) is 3.14. The highest BCUT2D eigenvalue weighted by molar-refractivity contribution is 5.78. The van der Waals surface area contributed by atoms with Crippen LogP contribution in [0.5, 0.6) is 0 Å². The fraction of sp³-hybridized carbons (Fsp3) is 0.471. The third kappa shape index (κ3) is 1.71. The summed E-state index contributed by atoms with van der Waals surface area (Å²) in [5.41, 5.74) is 10.4. The summed E-state index contributed by atoms with van der Waals surface area (Å²) in [6.07, 6.45) is 3.63. The van der Waals surface area contributed by atoms with Gasteiger partial charge in [-0.1, -0.05) is 11.5 Å². The Morgan fingerprint density at radius 3 is 2.55 bits per heavy atom. The topological polar surface area (TPSA) is 29.5 Å². The maximum absolute atomic E-state index is 12.5. The van der Waals surface area contributed by atoms with Gasteiger partial charge in [0, 0.05) is 5.57 Å². The number of amides is 1. The molecule has 0 aromatic rings. The highest BCUT2D eigenvalue weighted by Gasteiger charge is 2.52. The van der Waals surface area contributed by atoms with Crippen molar-refractivity contribution in [1.29, 1.82) is 0 Å². The van der Waals surface area contributed by atoms with Crippen LogP contribution in [0.1, 0.15) is 34.6 Å². The lowest BCUT2D eigenvalue weighted by molar-refractivity contribution is 0.0241. The van der Waals surface area contributed by atoms with Gasteiger partial charge in [0.2, 0.25) is 0 Å². The number of hydrogen-bond donors (Lipinski definition) is 0. The first-order chi connectivity index (χ1) is 9.31. The summed E-state index contributed by atoms with van der Waals surface area (Å²) in [4.78, 5) is 14.4. The first kappa shape index (κ1) is 13.1. The molecule has 2 bridgehead atoms. The number of hydrogen-bond acceptors (Lipinski definition) is 2. The molecule has 3 aliphatic rings. The Morgan fingerprint density at radius 2 is 1.90 bits per heavy atom. The molecule has 0 saturated carbocycles. The molecule has 1 aliphatic carbocycles. The van der Waals surface area contributed by atoms with E-state index in [9.17, 15) is 4.79 Å². The Labute approximate surface area is 119 Å². The van der Waals surface area contributed by atoms with Crippen molar-refractivity contribution in [2.45, 2.75) is 52.3 Å². The summed E-state index contributed by atoms with van der Waals surface area (Å²) in [5.74, 6) is 0. The van der Waals surface area contributed by atoms with Crippen LogP contribution >= 0.6 is 0 Å². The van der Waals surface area contributed by atoms with Gasteiger partial charge in [-0.05, 0) is 63.5 Å². The van der Waals surface area contributed by atoms with E-state index in [1.54, 1.807) is 0 Å². The number of ether oxygens (including phenoxy) is 1. The molecule has 3 nitrogen and oxygen atoms in total. The molecule has 3 heteroatoms. The van der Waals surface area contributed by atoms with E-state index in [1.807, 2.05) is 37.8 Å². The molecule has 20 heavy (non-hydrogen) atoms. The molecule has 1 amide bonds. The van der Waals surface area contributed by atoms with Gasteiger partial charge in [0.15, 0.2) is 0 Å². The molecule has 2 heterocycles. The Balaban J connectivity index is 2.02. The molecular weight excluding hydrogens is 250 g/mol. The van der Waals surface area contributed by atoms with Crippen molar-refractivity contribution in [2.75, 3.05) is 0 Å². The maximum Gasteiger partial charge on any atom is 0.411 e. The van der Waals surface area contributed by atoms with E-state index in [2.05, 4.69) is 25.3 Å². The molecular formula is C17H19NO2. The summed E-state index contributed by atoms with van der Waals surface area (Å²) in [7, 11) is 0. The smallest absolute Gasteiger partial charge is 0.411 e. The fourth-order valence-electron chi connectivity index (χ4n) is 3.14. The van der Waals surface area contributed by atoms with Crippen LogP contribution in [0.3, 0.4) is 0 Å². The maximum atomic E-state index is 12.5. The SMILES string of the molecule is CC1=C(C)C2C3=CC=C=C=C3C1N2C(=O)OC(C)(C)C. The van der Waals surface area contributed by atoms with Crippen molar-refractivity contribution in [3.63, 3.8) is 0 Å². The van der Waals surface area contributed by atoms with Crippen molar-refractivity contribution in [1.82, 2.24) is 4.90 Å². The van der Waals surface area contributed by atoms with Gasteiger partial charge in [-0.15, -0.1) is 0 Å². The second-order valence-corrected chi connectivity index (χ2v) is 6.53. The van der Waals surface area contributed by atoms with Gasteiger partial charge in [0.05, 0.1) is 12.1 Å².